The molecule has 5 nitrogen and oxygen atoms in total. The van der Waals surface area contributed by atoms with E-state index in [-0.39, 0.29) is 17.9 Å². The molecule has 0 unspecified atom stereocenters. The molecule has 0 amide bonds. The van der Waals surface area contributed by atoms with Crippen LogP contribution >= 0.6 is 11.3 Å². The van der Waals surface area contributed by atoms with Gasteiger partial charge in [0.15, 0.2) is 5.78 Å². The third-order valence-electron chi connectivity index (χ3n) is 5.31. The molecule has 0 fully saturated rings. The van der Waals surface area contributed by atoms with Crippen molar-refractivity contribution < 1.29 is 4.79 Å². The van der Waals surface area contributed by atoms with Crippen LogP contribution in [0.4, 0.5) is 0 Å². The standard InChI is InChI=1S/C22H21N3O2S/c1-13-5-7-16(8-6-13)18-11-28-21-20(18)22(27)25(12-23-21)10-19(26)17-9-14(2)24(4)15(17)3/h5-9,11-12H,10H2,1-4H3. The van der Waals surface area contributed by atoms with Gasteiger partial charge in [-0.25, -0.2) is 4.98 Å². The SMILES string of the molecule is Cc1ccc(-c2csc3ncn(CC(=O)c4cc(C)n(C)c4C)c(=O)c23)cc1. The zero-order valence-corrected chi connectivity index (χ0v) is 17.1. The van der Waals surface area contributed by atoms with E-state index >= 15 is 0 Å². The molecule has 142 valence electrons. The number of thiophene rings is 1. The molecule has 0 spiro atoms. The van der Waals surface area contributed by atoms with Crippen molar-refractivity contribution in [2.75, 3.05) is 0 Å². The number of fused-ring (bicyclic) bond motifs is 1. The first-order valence-corrected chi connectivity index (χ1v) is 9.94. The molecule has 0 aliphatic rings. The molecule has 4 aromatic rings. The highest BCUT2D eigenvalue weighted by Crippen LogP contribution is 2.30. The van der Waals surface area contributed by atoms with Crippen molar-refractivity contribution in [1.82, 2.24) is 14.1 Å². The molecule has 3 aromatic heterocycles. The largest absolute Gasteiger partial charge is 0.351 e. The Labute approximate surface area is 166 Å². The lowest BCUT2D eigenvalue weighted by Gasteiger charge is -2.06. The maximum Gasteiger partial charge on any atom is 0.263 e. The summed E-state index contributed by atoms with van der Waals surface area (Å²) >= 11 is 1.45. The molecule has 0 aliphatic heterocycles. The lowest BCUT2D eigenvalue weighted by Crippen LogP contribution is -2.24. The van der Waals surface area contributed by atoms with Crippen molar-refractivity contribution in [3.05, 3.63) is 74.9 Å². The van der Waals surface area contributed by atoms with Gasteiger partial charge in [0.25, 0.3) is 5.56 Å². The Morgan fingerprint density at radius 2 is 1.86 bits per heavy atom. The fourth-order valence-electron chi connectivity index (χ4n) is 3.40. The molecule has 3 heterocycles. The first-order chi connectivity index (χ1) is 13.4. The van der Waals surface area contributed by atoms with Crippen LogP contribution in [-0.2, 0) is 13.6 Å². The van der Waals surface area contributed by atoms with E-state index in [1.165, 1.54) is 22.2 Å². The van der Waals surface area contributed by atoms with Gasteiger partial charge in [0.1, 0.15) is 4.83 Å². The predicted molar refractivity (Wildman–Crippen MR) is 113 cm³/mol. The predicted octanol–water partition coefficient (Wildman–Crippen LogP) is 4.27. The maximum absolute atomic E-state index is 13.1. The van der Waals surface area contributed by atoms with Gasteiger partial charge in [-0.1, -0.05) is 29.8 Å². The maximum atomic E-state index is 13.1. The first-order valence-electron chi connectivity index (χ1n) is 9.06. The Kier molecular flexibility index (Phi) is 4.51. The van der Waals surface area contributed by atoms with Crippen LogP contribution in [0.25, 0.3) is 21.3 Å². The number of hydrogen-bond acceptors (Lipinski definition) is 4. The van der Waals surface area contributed by atoms with Crippen LogP contribution < -0.4 is 5.56 Å². The number of hydrogen-bond donors (Lipinski definition) is 0. The second-order valence-electron chi connectivity index (χ2n) is 7.14. The summed E-state index contributed by atoms with van der Waals surface area (Å²) in [6.07, 6.45) is 1.48. The van der Waals surface area contributed by atoms with E-state index in [0.29, 0.717) is 15.8 Å². The van der Waals surface area contributed by atoms with Crippen LogP contribution in [0.15, 0.2) is 46.8 Å². The van der Waals surface area contributed by atoms with E-state index < -0.39 is 0 Å². The molecule has 0 N–H and O–H groups in total. The van der Waals surface area contributed by atoms with Gasteiger partial charge in [0, 0.05) is 34.9 Å². The van der Waals surface area contributed by atoms with E-state index in [0.717, 1.165) is 28.1 Å². The van der Waals surface area contributed by atoms with Crippen LogP contribution in [0.1, 0.15) is 27.3 Å². The minimum atomic E-state index is -0.180. The van der Waals surface area contributed by atoms with Gasteiger partial charge < -0.3 is 4.57 Å². The molecule has 0 radical (unpaired) electrons. The minimum Gasteiger partial charge on any atom is -0.351 e. The van der Waals surface area contributed by atoms with Gasteiger partial charge in [-0.15, -0.1) is 11.3 Å². The molecule has 0 atom stereocenters. The van der Waals surface area contributed by atoms with Crippen molar-refractivity contribution >= 4 is 27.3 Å². The summed E-state index contributed by atoms with van der Waals surface area (Å²) < 4.78 is 3.39. The Morgan fingerprint density at radius 1 is 1.14 bits per heavy atom. The molecular weight excluding hydrogens is 370 g/mol. The zero-order chi connectivity index (χ0) is 20.0. The highest BCUT2D eigenvalue weighted by molar-refractivity contribution is 7.17. The van der Waals surface area contributed by atoms with Gasteiger partial charge in [-0.2, -0.15) is 0 Å². The third-order valence-corrected chi connectivity index (χ3v) is 6.20. The lowest BCUT2D eigenvalue weighted by molar-refractivity contribution is 0.0970. The number of ketones is 1. The monoisotopic (exact) mass is 391 g/mol. The second-order valence-corrected chi connectivity index (χ2v) is 8.00. The smallest absolute Gasteiger partial charge is 0.263 e. The van der Waals surface area contributed by atoms with Crippen molar-refractivity contribution in [2.45, 2.75) is 27.3 Å². The summed E-state index contributed by atoms with van der Waals surface area (Å²) in [4.78, 5) is 31.1. The fourth-order valence-corrected chi connectivity index (χ4v) is 4.31. The molecule has 0 aliphatic carbocycles. The van der Waals surface area contributed by atoms with Gasteiger partial charge in [-0.3, -0.25) is 14.2 Å². The quantitative estimate of drug-likeness (QED) is 0.488. The number of nitrogens with zero attached hydrogens (tertiary/aromatic N) is 3. The number of aromatic nitrogens is 3. The molecule has 6 heteroatoms. The summed E-state index contributed by atoms with van der Waals surface area (Å²) in [5.74, 6) is -0.0865. The van der Waals surface area contributed by atoms with Crippen LogP contribution in [-0.4, -0.2) is 19.9 Å². The fraction of sp³-hybridized carbons (Fsp3) is 0.227. The van der Waals surface area contributed by atoms with Crippen LogP contribution in [0.2, 0.25) is 0 Å². The molecule has 28 heavy (non-hydrogen) atoms. The first kappa shape index (κ1) is 18.4. The molecular formula is C22H21N3O2S. The van der Waals surface area contributed by atoms with Crippen molar-refractivity contribution in [3.63, 3.8) is 0 Å². The zero-order valence-electron chi connectivity index (χ0n) is 16.3. The van der Waals surface area contributed by atoms with E-state index in [1.54, 1.807) is 0 Å². The van der Waals surface area contributed by atoms with E-state index in [2.05, 4.69) is 4.98 Å². The van der Waals surface area contributed by atoms with Crippen LogP contribution in [0.3, 0.4) is 0 Å². The highest BCUT2D eigenvalue weighted by atomic mass is 32.1. The van der Waals surface area contributed by atoms with E-state index in [1.807, 2.05) is 68.1 Å². The topological polar surface area (TPSA) is 56.9 Å². The molecule has 0 bridgehead atoms. The average molecular weight is 391 g/mol. The third kappa shape index (κ3) is 2.99. The van der Waals surface area contributed by atoms with Crippen LogP contribution in [0, 0.1) is 20.8 Å². The van der Waals surface area contributed by atoms with Crippen molar-refractivity contribution in [2.24, 2.45) is 7.05 Å². The van der Waals surface area contributed by atoms with Gasteiger partial charge in [0.05, 0.1) is 18.3 Å². The van der Waals surface area contributed by atoms with Gasteiger partial charge in [-0.05, 0) is 32.4 Å². The number of Topliss-reactive ketones (excluding diaryl/α,β-unsaturated/α-hetero) is 1. The summed E-state index contributed by atoms with van der Waals surface area (Å²) in [6, 6.07) is 9.94. The number of aryl methyl sites for hydroxylation is 2. The Hall–Kier alpha value is -2.99. The Morgan fingerprint density at radius 3 is 2.50 bits per heavy atom. The second kappa shape index (κ2) is 6.87. The van der Waals surface area contributed by atoms with Gasteiger partial charge in [0.2, 0.25) is 0 Å². The van der Waals surface area contributed by atoms with Crippen molar-refractivity contribution in [3.8, 4) is 11.1 Å². The molecule has 0 saturated heterocycles. The summed E-state index contributed by atoms with van der Waals surface area (Å²) in [7, 11) is 1.93. The highest BCUT2D eigenvalue weighted by Gasteiger charge is 2.18. The van der Waals surface area contributed by atoms with E-state index in [9.17, 15) is 9.59 Å². The molecule has 4 rings (SSSR count). The molecule has 1 aromatic carbocycles. The number of benzene rings is 1. The number of carbonyl (C=O) groups excluding carboxylic acids is 1. The number of rotatable bonds is 4. The van der Waals surface area contributed by atoms with Crippen LogP contribution in [0.5, 0.6) is 0 Å². The minimum absolute atomic E-state index is 0.0186. The Balaban J connectivity index is 1.76. The summed E-state index contributed by atoms with van der Waals surface area (Å²) in [6.45, 7) is 5.89. The normalized spacial score (nSPS) is 11.3. The Bertz CT molecular complexity index is 1260. The summed E-state index contributed by atoms with van der Waals surface area (Å²) in [5.41, 5.74) is 5.40. The van der Waals surface area contributed by atoms with Crippen molar-refractivity contribution in [1.29, 1.82) is 0 Å². The summed E-state index contributed by atoms with van der Waals surface area (Å²) in [5, 5.41) is 2.53. The number of carbonyl (C=O) groups is 1. The molecule has 0 saturated carbocycles. The lowest BCUT2D eigenvalue weighted by atomic mass is 10.1. The van der Waals surface area contributed by atoms with Gasteiger partial charge >= 0.3 is 0 Å². The van der Waals surface area contributed by atoms with E-state index in [4.69, 9.17) is 0 Å². The average Bonchev–Trinajstić information content (AvgIpc) is 3.22.